The Morgan fingerprint density at radius 3 is 2.03 bits per heavy atom. The van der Waals surface area contributed by atoms with E-state index in [4.69, 9.17) is 11.6 Å². The maximum Gasteiger partial charge on any atom is 0.240 e. The van der Waals surface area contributed by atoms with Crippen molar-refractivity contribution in [3.8, 4) is 0 Å². The van der Waals surface area contributed by atoms with Gasteiger partial charge in [-0.25, -0.2) is 4.90 Å². The Bertz CT molecular complexity index is 1220. The first-order valence-corrected chi connectivity index (χ1v) is 10.6. The average Bonchev–Trinajstić information content (AvgIpc) is 3.01. The van der Waals surface area contributed by atoms with Crippen LogP contribution in [0.25, 0.3) is 0 Å². The Balaban J connectivity index is 1.62. The van der Waals surface area contributed by atoms with Gasteiger partial charge in [-0.15, -0.1) is 11.6 Å². The molecule has 1 heterocycles. The summed E-state index contributed by atoms with van der Waals surface area (Å²) in [5.74, 6) is -1.59. The van der Waals surface area contributed by atoms with Crippen LogP contribution in [0.15, 0.2) is 66.7 Å². The summed E-state index contributed by atoms with van der Waals surface area (Å²) in [7, 11) is 0. The summed E-state index contributed by atoms with van der Waals surface area (Å²) < 4.78 is 0. The number of carbonyl (C=O) groups is 2. The van der Waals surface area contributed by atoms with Crippen molar-refractivity contribution in [2.75, 3.05) is 4.90 Å². The van der Waals surface area contributed by atoms with Gasteiger partial charge in [-0.2, -0.15) is 0 Å². The summed E-state index contributed by atoms with van der Waals surface area (Å²) in [5.41, 5.74) is 6.73. The molecule has 3 aromatic rings. The summed E-state index contributed by atoms with van der Waals surface area (Å²) in [6.45, 7) is 3.95. The third-order valence-electron chi connectivity index (χ3n) is 7.11. The minimum absolute atomic E-state index is 0.143. The normalized spacial score (nSPS) is 28.4. The molecule has 3 aromatic carbocycles. The minimum Gasteiger partial charge on any atom is -0.274 e. The Labute approximate surface area is 180 Å². The highest BCUT2D eigenvalue weighted by Gasteiger charge is 2.68. The highest BCUT2D eigenvalue weighted by molar-refractivity contribution is 6.33. The molecule has 1 aliphatic heterocycles. The molecule has 0 aromatic heterocycles. The molecule has 30 heavy (non-hydrogen) atoms. The monoisotopic (exact) mass is 413 g/mol. The molecule has 0 spiro atoms. The van der Waals surface area contributed by atoms with Gasteiger partial charge in [0.25, 0.3) is 0 Å². The smallest absolute Gasteiger partial charge is 0.240 e. The van der Waals surface area contributed by atoms with Crippen molar-refractivity contribution in [3.63, 3.8) is 0 Å². The van der Waals surface area contributed by atoms with Crippen LogP contribution in [-0.4, -0.2) is 11.8 Å². The van der Waals surface area contributed by atoms with Crippen molar-refractivity contribution in [3.05, 3.63) is 100 Å². The average molecular weight is 414 g/mol. The largest absolute Gasteiger partial charge is 0.274 e. The number of anilines is 1. The number of amides is 2. The lowest BCUT2D eigenvalue weighted by Crippen LogP contribution is -2.50. The number of hydrogen-bond donors (Lipinski definition) is 0. The molecule has 4 aliphatic rings. The fraction of sp³-hybridized carbons (Fsp3) is 0.231. The fourth-order valence-corrected chi connectivity index (χ4v) is 6.55. The number of halogens is 1. The van der Waals surface area contributed by atoms with E-state index >= 15 is 0 Å². The van der Waals surface area contributed by atoms with Gasteiger partial charge in [0.1, 0.15) is 4.87 Å². The van der Waals surface area contributed by atoms with E-state index in [2.05, 4.69) is 12.1 Å². The van der Waals surface area contributed by atoms with Crippen molar-refractivity contribution < 1.29 is 9.59 Å². The van der Waals surface area contributed by atoms with Crippen molar-refractivity contribution in [1.82, 2.24) is 0 Å². The summed E-state index contributed by atoms with van der Waals surface area (Å²) in [6, 6.07) is 21.9. The Hall–Kier alpha value is -2.91. The van der Waals surface area contributed by atoms with E-state index in [-0.39, 0.29) is 17.7 Å². The summed E-state index contributed by atoms with van der Waals surface area (Å²) in [4.78, 5) is 28.0. The number of imide groups is 1. The van der Waals surface area contributed by atoms with Gasteiger partial charge in [-0.05, 0) is 47.7 Å². The standard InChI is InChI=1S/C26H20ClNO2/c1-14-11-12-20(15(2)13-14)28-24(29)22-21-16-7-3-5-9-18(16)26(27,23(22)25(28)30)19-10-6-4-8-17(19)21/h3-13,21-23H,1-2H3/t21?,22-,23-,26?/m0/s1. The van der Waals surface area contributed by atoms with Crippen LogP contribution in [0.1, 0.15) is 39.3 Å². The van der Waals surface area contributed by atoms with Crippen molar-refractivity contribution in [2.24, 2.45) is 11.8 Å². The second kappa shape index (κ2) is 5.83. The zero-order chi connectivity index (χ0) is 20.8. The van der Waals surface area contributed by atoms with Gasteiger partial charge in [0.2, 0.25) is 11.8 Å². The molecular weight excluding hydrogens is 394 g/mol. The molecule has 0 N–H and O–H groups in total. The summed E-state index contributed by atoms with van der Waals surface area (Å²) in [5, 5.41) is 0. The van der Waals surface area contributed by atoms with Gasteiger partial charge < -0.3 is 0 Å². The van der Waals surface area contributed by atoms with Gasteiger partial charge in [-0.1, -0.05) is 66.2 Å². The van der Waals surface area contributed by atoms with E-state index in [1.165, 1.54) is 4.90 Å². The molecule has 0 unspecified atom stereocenters. The summed E-state index contributed by atoms with van der Waals surface area (Å²) in [6.07, 6.45) is 0. The van der Waals surface area contributed by atoms with Crippen LogP contribution in [0.2, 0.25) is 0 Å². The number of alkyl halides is 1. The minimum atomic E-state index is -1.04. The zero-order valence-corrected chi connectivity index (χ0v) is 17.5. The zero-order valence-electron chi connectivity index (χ0n) is 16.7. The number of aryl methyl sites for hydroxylation is 2. The van der Waals surface area contributed by atoms with Crippen LogP contribution in [-0.2, 0) is 14.5 Å². The van der Waals surface area contributed by atoms with E-state index in [1.807, 2.05) is 68.4 Å². The second-order valence-electron chi connectivity index (χ2n) is 8.67. The molecule has 4 heteroatoms. The molecule has 0 saturated carbocycles. The van der Waals surface area contributed by atoms with Crippen LogP contribution in [0, 0.1) is 25.7 Å². The first-order valence-electron chi connectivity index (χ1n) is 10.3. The molecule has 2 atom stereocenters. The van der Waals surface area contributed by atoms with Gasteiger partial charge in [-0.3, -0.25) is 9.59 Å². The maximum absolute atomic E-state index is 13.8. The Morgan fingerprint density at radius 2 is 1.43 bits per heavy atom. The lowest BCUT2D eigenvalue weighted by Gasteiger charge is -2.50. The molecule has 148 valence electrons. The first-order chi connectivity index (χ1) is 14.4. The number of carbonyl (C=O) groups excluding carboxylic acids is 2. The molecule has 1 fully saturated rings. The number of rotatable bonds is 1. The molecule has 0 radical (unpaired) electrons. The van der Waals surface area contributed by atoms with Crippen LogP contribution in [0.4, 0.5) is 5.69 Å². The quantitative estimate of drug-likeness (QED) is 0.413. The molecule has 1 saturated heterocycles. The molecular formula is C26H20ClNO2. The molecule has 3 aliphatic carbocycles. The topological polar surface area (TPSA) is 37.4 Å². The van der Waals surface area contributed by atoms with Crippen LogP contribution >= 0.6 is 11.6 Å². The second-order valence-corrected chi connectivity index (χ2v) is 9.27. The molecule has 7 rings (SSSR count). The van der Waals surface area contributed by atoms with Crippen molar-refractivity contribution in [2.45, 2.75) is 24.6 Å². The Morgan fingerprint density at radius 1 is 0.833 bits per heavy atom. The first kappa shape index (κ1) is 17.9. The van der Waals surface area contributed by atoms with Crippen LogP contribution < -0.4 is 4.90 Å². The van der Waals surface area contributed by atoms with E-state index in [1.54, 1.807) is 0 Å². The SMILES string of the molecule is Cc1ccc(N2C(=O)[C@@H]3[C@@H](C2=O)C2c4ccccc4C3(Cl)c3ccccc32)c(C)c1. The Kier molecular flexibility index (Phi) is 3.48. The van der Waals surface area contributed by atoms with Gasteiger partial charge >= 0.3 is 0 Å². The number of benzene rings is 3. The van der Waals surface area contributed by atoms with Crippen molar-refractivity contribution >= 4 is 29.1 Å². The van der Waals surface area contributed by atoms with Crippen LogP contribution in [0.3, 0.4) is 0 Å². The van der Waals surface area contributed by atoms with Gasteiger partial charge in [0, 0.05) is 5.92 Å². The van der Waals surface area contributed by atoms with Gasteiger partial charge in [0.15, 0.2) is 0 Å². The third kappa shape index (κ3) is 1.96. The van der Waals surface area contributed by atoms with Crippen molar-refractivity contribution in [1.29, 1.82) is 0 Å². The van der Waals surface area contributed by atoms with Crippen LogP contribution in [0.5, 0.6) is 0 Å². The lowest BCUT2D eigenvalue weighted by atomic mass is 9.54. The predicted molar refractivity (Wildman–Crippen MR) is 117 cm³/mol. The number of nitrogens with zero attached hydrogens (tertiary/aromatic N) is 1. The lowest BCUT2D eigenvalue weighted by molar-refractivity contribution is -0.122. The highest BCUT2D eigenvalue weighted by atomic mass is 35.5. The predicted octanol–water partition coefficient (Wildman–Crippen LogP) is 5.05. The van der Waals surface area contributed by atoms with E-state index < -0.39 is 16.7 Å². The number of hydrogen-bond acceptors (Lipinski definition) is 2. The molecule has 2 bridgehead atoms. The van der Waals surface area contributed by atoms with E-state index in [0.29, 0.717) is 5.69 Å². The van der Waals surface area contributed by atoms with Gasteiger partial charge in [0.05, 0.1) is 17.5 Å². The molecule has 3 nitrogen and oxygen atoms in total. The molecule has 2 amide bonds. The van der Waals surface area contributed by atoms with E-state index in [0.717, 1.165) is 33.4 Å². The summed E-state index contributed by atoms with van der Waals surface area (Å²) >= 11 is 7.44. The van der Waals surface area contributed by atoms with E-state index in [9.17, 15) is 9.59 Å². The third-order valence-corrected chi connectivity index (χ3v) is 7.75. The maximum atomic E-state index is 13.8. The highest BCUT2D eigenvalue weighted by Crippen LogP contribution is 2.65. The fourth-order valence-electron chi connectivity index (χ4n) is 5.97.